The highest BCUT2D eigenvalue weighted by atomic mass is 16.7. The number of piperidine rings is 1. The molecule has 1 fully saturated rings. The lowest BCUT2D eigenvalue weighted by Crippen LogP contribution is -2.47. The van der Waals surface area contributed by atoms with Crippen LogP contribution in [-0.4, -0.2) is 32.0 Å². The van der Waals surface area contributed by atoms with Gasteiger partial charge in [-0.05, 0) is 38.4 Å². The number of hydrogen-bond donors (Lipinski definition) is 1. The van der Waals surface area contributed by atoms with Crippen LogP contribution in [0, 0.1) is 0 Å². The SMILES string of the molecule is CCNC1CCN(c2ccc3c(c2)OCO3)C(C)C1. The van der Waals surface area contributed by atoms with Crippen molar-refractivity contribution in [3.8, 4) is 11.5 Å². The van der Waals surface area contributed by atoms with E-state index in [-0.39, 0.29) is 0 Å². The first-order chi connectivity index (χ1) is 9.28. The van der Waals surface area contributed by atoms with Gasteiger partial charge in [-0.15, -0.1) is 0 Å². The summed E-state index contributed by atoms with van der Waals surface area (Å²) in [6.07, 6.45) is 2.40. The molecular weight excluding hydrogens is 240 g/mol. The molecule has 1 aromatic rings. The van der Waals surface area contributed by atoms with Crippen molar-refractivity contribution < 1.29 is 9.47 Å². The van der Waals surface area contributed by atoms with Gasteiger partial charge in [0.05, 0.1) is 0 Å². The van der Waals surface area contributed by atoms with Crippen LogP contribution < -0.4 is 19.7 Å². The number of nitrogens with zero attached hydrogens (tertiary/aromatic N) is 1. The van der Waals surface area contributed by atoms with Crippen LogP contribution in [0.5, 0.6) is 11.5 Å². The van der Waals surface area contributed by atoms with E-state index in [1.54, 1.807) is 0 Å². The highest BCUT2D eigenvalue weighted by molar-refractivity contribution is 5.57. The molecule has 2 unspecified atom stereocenters. The van der Waals surface area contributed by atoms with Gasteiger partial charge in [-0.25, -0.2) is 0 Å². The van der Waals surface area contributed by atoms with Gasteiger partial charge in [-0.2, -0.15) is 0 Å². The van der Waals surface area contributed by atoms with Crippen molar-refractivity contribution in [1.29, 1.82) is 0 Å². The monoisotopic (exact) mass is 262 g/mol. The van der Waals surface area contributed by atoms with Crippen molar-refractivity contribution in [2.75, 3.05) is 24.8 Å². The summed E-state index contributed by atoms with van der Waals surface area (Å²) < 4.78 is 10.8. The summed E-state index contributed by atoms with van der Waals surface area (Å²) in [4.78, 5) is 2.47. The lowest BCUT2D eigenvalue weighted by Gasteiger charge is -2.39. The lowest BCUT2D eigenvalue weighted by molar-refractivity contribution is 0.174. The molecule has 19 heavy (non-hydrogen) atoms. The Hall–Kier alpha value is -1.42. The van der Waals surface area contributed by atoms with Crippen LogP contribution in [0.15, 0.2) is 18.2 Å². The van der Waals surface area contributed by atoms with E-state index in [1.165, 1.54) is 18.5 Å². The third-order valence-corrected chi connectivity index (χ3v) is 4.06. The van der Waals surface area contributed by atoms with Crippen LogP contribution in [-0.2, 0) is 0 Å². The van der Waals surface area contributed by atoms with E-state index in [9.17, 15) is 0 Å². The standard InChI is InChI=1S/C15H22N2O2/c1-3-16-12-6-7-17(11(2)8-12)13-4-5-14-15(9-13)19-10-18-14/h4-5,9,11-12,16H,3,6-8,10H2,1-2H3. The van der Waals surface area contributed by atoms with Crippen molar-refractivity contribution in [3.05, 3.63) is 18.2 Å². The predicted molar refractivity (Wildman–Crippen MR) is 76.1 cm³/mol. The zero-order valence-corrected chi connectivity index (χ0v) is 11.7. The third kappa shape index (κ3) is 2.50. The van der Waals surface area contributed by atoms with Gasteiger partial charge >= 0.3 is 0 Å². The van der Waals surface area contributed by atoms with Gasteiger partial charge in [0.2, 0.25) is 6.79 Å². The largest absolute Gasteiger partial charge is 0.454 e. The molecule has 2 aliphatic rings. The molecule has 1 N–H and O–H groups in total. The minimum atomic E-state index is 0.344. The second-order valence-corrected chi connectivity index (χ2v) is 5.36. The minimum Gasteiger partial charge on any atom is -0.454 e. The normalized spacial score (nSPS) is 25.7. The van der Waals surface area contributed by atoms with Gasteiger partial charge in [-0.1, -0.05) is 6.92 Å². The molecule has 0 amide bonds. The lowest BCUT2D eigenvalue weighted by atomic mass is 9.97. The number of benzene rings is 1. The number of ether oxygens (including phenoxy) is 2. The summed E-state index contributed by atoms with van der Waals surface area (Å²) >= 11 is 0. The highest BCUT2D eigenvalue weighted by Gasteiger charge is 2.26. The molecule has 0 aromatic heterocycles. The van der Waals surface area contributed by atoms with E-state index < -0.39 is 0 Å². The number of fused-ring (bicyclic) bond motifs is 1. The fourth-order valence-electron chi connectivity index (χ4n) is 3.09. The number of anilines is 1. The Kier molecular flexibility index (Phi) is 3.51. The summed E-state index contributed by atoms with van der Waals surface area (Å²) in [5.74, 6) is 1.73. The summed E-state index contributed by atoms with van der Waals surface area (Å²) in [5.41, 5.74) is 1.24. The van der Waals surface area contributed by atoms with E-state index in [1.807, 2.05) is 6.07 Å². The molecule has 2 heterocycles. The van der Waals surface area contributed by atoms with E-state index in [2.05, 4.69) is 36.2 Å². The van der Waals surface area contributed by atoms with Crippen LogP contribution in [0.1, 0.15) is 26.7 Å². The minimum absolute atomic E-state index is 0.344. The number of rotatable bonds is 3. The first-order valence-electron chi connectivity index (χ1n) is 7.17. The van der Waals surface area contributed by atoms with E-state index >= 15 is 0 Å². The predicted octanol–water partition coefficient (Wildman–Crippen LogP) is 2.38. The molecule has 104 valence electrons. The van der Waals surface area contributed by atoms with Crippen LogP contribution >= 0.6 is 0 Å². The van der Waals surface area contributed by atoms with Gasteiger partial charge in [0.1, 0.15) is 0 Å². The van der Waals surface area contributed by atoms with Gasteiger partial charge < -0.3 is 19.7 Å². The highest BCUT2D eigenvalue weighted by Crippen LogP contribution is 2.37. The smallest absolute Gasteiger partial charge is 0.231 e. The topological polar surface area (TPSA) is 33.7 Å². The molecule has 4 heteroatoms. The molecule has 2 atom stereocenters. The maximum atomic E-state index is 5.46. The van der Waals surface area contributed by atoms with Crippen molar-refractivity contribution in [2.45, 2.75) is 38.8 Å². The third-order valence-electron chi connectivity index (χ3n) is 4.06. The zero-order valence-electron chi connectivity index (χ0n) is 11.7. The second-order valence-electron chi connectivity index (χ2n) is 5.36. The van der Waals surface area contributed by atoms with Crippen molar-refractivity contribution >= 4 is 5.69 Å². The molecule has 0 saturated carbocycles. The molecule has 1 saturated heterocycles. The maximum Gasteiger partial charge on any atom is 0.231 e. The molecule has 0 bridgehead atoms. The Labute approximate surface area is 114 Å². The fourth-order valence-corrected chi connectivity index (χ4v) is 3.09. The summed E-state index contributed by atoms with van der Waals surface area (Å²) in [7, 11) is 0. The molecule has 1 aromatic carbocycles. The maximum absolute atomic E-state index is 5.46. The average molecular weight is 262 g/mol. The Balaban J connectivity index is 1.72. The van der Waals surface area contributed by atoms with Gasteiger partial charge in [0.25, 0.3) is 0 Å². The first kappa shape index (κ1) is 12.6. The van der Waals surface area contributed by atoms with Gasteiger partial charge in [0.15, 0.2) is 11.5 Å². The van der Waals surface area contributed by atoms with Crippen LogP contribution in [0.25, 0.3) is 0 Å². The molecular formula is C15H22N2O2. The Morgan fingerprint density at radius 1 is 1.32 bits per heavy atom. The van der Waals surface area contributed by atoms with Crippen molar-refractivity contribution in [2.24, 2.45) is 0 Å². The Morgan fingerprint density at radius 2 is 2.16 bits per heavy atom. The second kappa shape index (κ2) is 5.29. The Bertz CT molecular complexity index is 450. The van der Waals surface area contributed by atoms with Crippen LogP contribution in [0.3, 0.4) is 0 Å². The van der Waals surface area contributed by atoms with Gasteiger partial charge in [-0.3, -0.25) is 0 Å². The summed E-state index contributed by atoms with van der Waals surface area (Å²) in [5, 5.41) is 3.56. The van der Waals surface area contributed by atoms with Gasteiger partial charge in [0, 0.05) is 30.4 Å². The number of hydrogen-bond acceptors (Lipinski definition) is 4. The molecule has 4 nitrogen and oxygen atoms in total. The summed E-state index contributed by atoms with van der Waals surface area (Å²) in [6.45, 7) is 6.97. The fraction of sp³-hybridized carbons (Fsp3) is 0.600. The average Bonchev–Trinajstić information content (AvgIpc) is 2.86. The van der Waals surface area contributed by atoms with Crippen LogP contribution in [0.2, 0.25) is 0 Å². The molecule has 0 aliphatic carbocycles. The summed E-state index contributed by atoms with van der Waals surface area (Å²) in [6, 6.07) is 7.47. The molecule has 3 rings (SSSR count). The molecule has 0 spiro atoms. The van der Waals surface area contributed by atoms with E-state index in [0.717, 1.165) is 24.6 Å². The van der Waals surface area contributed by atoms with E-state index in [4.69, 9.17) is 9.47 Å². The molecule has 2 aliphatic heterocycles. The quantitative estimate of drug-likeness (QED) is 0.907. The first-order valence-corrected chi connectivity index (χ1v) is 7.17. The van der Waals surface area contributed by atoms with Crippen molar-refractivity contribution in [3.63, 3.8) is 0 Å². The van der Waals surface area contributed by atoms with Crippen molar-refractivity contribution in [1.82, 2.24) is 5.32 Å². The van der Waals surface area contributed by atoms with Crippen LogP contribution in [0.4, 0.5) is 5.69 Å². The Morgan fingerprint density at radius 3 is 2.95 bits per heavy atom. The molecule has 0 radical (unpaired) electrons. The van der Waals surface area contributed by atoms with E-state index in [0.29, 0.717) is 18.9 Å². The zero-order chi connectivity index (χ0) is 13.2. The number of nitrogens with one attached hydrogen (secondary N) is 1.